The van der Waals surface area contributed by atoms with Gasteiger partial charge in [0.2, 0.25) is 0 Å². The number of nitrogens with zero attached hydrogens (tertiary/aromatic N) is 2. The molecule has 1 aliphatic heterocycles. The first-order chi connectivity index (χ1) is 12.5. The molecule has 1 aromatic carbocycles. The minimum Gasteiger partial charge on any atom is -0.351 e. The van der Waals surface area contributed by atoms with Crippen molar-refractivity contribution >= 4 is 40.2 Å². The van der Waals surface area contributed by atoms with Gasteiger partial charge in [0.25, 0.3) is 5.91 Å². The van der Waals surface area contributed by atoms with Gasteiger partial charge in [0.05, 0.1) is 0 Å². The number of fused-ring (bicyclic) bond motifs is 1. The molecular weight excluding hydrogens is 356 g/mol. The van der Waals surface area contributed by atoms with Crippen LogP contribution in [0.1, 0.15) is 23.3 Å². The summed E-state index contributed by atoms with van der Waals surface area (Å²) < 4.78 is 0. The molecule has 1 aromatic heterocycles. The Balaban J connectivity index is 1.38. The van der Waals surface area contributed by atoms with Gasteiger partial charge in [0.1, 0.15) is 5.69 Å². The van der Waals surface area contributed by atoms with Crippen LogP contribution in [0.5, 0.6) is 0 Å². The summed E-state index contributed by atoms with van der Waals surface area (Å²) in [6, 6.07) is 7.35. The minimum absolute atomic E-state index is 0.119. The first-order valence-corrected chi connectivity index (χ1v) is 9.06. The second-order valence-corrected chi connectivity index (χ2v) is 7.18. The van der Waals surface area contributed by atoms with E-state index in [1.54, 1.807) is 23.1 Å². The monoisotopic (exact) mass is 374 g/mol. The third-order valence-corrected chi connectivity index (χ3v) is 5.01. The molecule has 1 saturated heterocycles. The van der Waals surface area contributed by atoms with E-state index in [1.807, 2.05) is 6.07 Å². The van der Waals surface area contributed by atoms with E-state index < -0.39 is 11.8 Å². The Morgan fingerprint density at radius 1 is 1.04 bits per heavy atom. The third kappa shape index (κ3) is 3.39. The number of hydrogen-bond acceptors (Lipinski definition) is 3. The molecule has 8 heteroatoms. The molecule has 2 aliphatic rings. The lowest BCUT2D eigenvalue weighted by atomic mass is 10.2. The number of amides is 3. The standard InChI is InChI=1S/C18H19ClN4O3/c19-12-1-4-14-11(9-12)10-15(21-14)17(25)22-5-7-23(8-6-22)18(26)16(24)20-13-2-3-13/h1,4,9-10,13,21H,2-3,5-8H2,(H,20,24). The summed E-state index contributed by atoms with van der Waals surface area (Å²) in [6.07, 6.45) is 1.88. The van der Waals surface area contributed by atoms with Crippen molar-refractivity contribution in [1.29, 1.82) is 0 Å². The molecule has 0 radical (unpaired) electrons. The van der Waals surface area contributed by atoms with Crippen LogP contribution in [-0.2, 0) is 9.59 Å². The molecule has 0 atom stereocenters. The Hall–Kier alpha value is -2.54. The molecule has 7 nitrogen and oxygen atoms in total. The van der Waals surface area contributed by atoms with Crippen LogP contribution >= 0.6 is 11.6 Å². The summed E-state index contributed by atoms with van der Waals surface area (Å²) in [5.41, 5.74) is 1.34. The molecule has 3 amide bonds. The van der Waals surface area contributed by atoms with E-state index in [1.165, 1.54) is 4.90 Å². The van der Waals surface area contributed by atoms with Gasteiger partial charge in [-0.1, -0.05) is 11.6 Å². The molecule has 1 aliphatic carbocycles. The molecule has 2 N–H and O–H groups in total. The van der Waals surface area contributed by atoms with Crippen molar-refractivity contribution in [3.05, 3.63) is 35.0 Å². The van der Waals surface area contributed by atoms with Gasteiger partial charge in [-0.15, -0.1) is 0 Å². The molecule has 2 heterocycles. The lowest BCUT2D eigenvalue weighted by molar-refractivity contribution is -0.146. The molecule has 4 rings (SSSR count). The van der Waals surface area contributed by atoms with Crippen molar-refractivity contribution in [3.8, 4) is 0 Å². The number of aromatic amines is 1. The van der Waals surface area contributed by atoms with E-state index in [0.717, 1.165) is 23.7 Å². The maximum Gasteiger partial charge on any atom is 0.312 e. The van der Waals surface area contributed by atoms with Gasteiger partial charge in [-0.25, -0.2) is 0 Å². The zero-order valence-electron chi connectivity index (χ0n) is 14.1. The smallest absolute Gasteiger partial charge is 0.312 e. The normalized spacial score (nSPS) is 17.4. The van der Waals surface area contributed by atoms with E-state index in [2.05, 4.69) is 10.3 Å². The summed E-state index contributed by atoms with van der Waals surface area (Å²) >= 11 is 5.98. The van der Waals surface area contributed by atoms with Crippen LogP contribution in [0.3, 0.4) is 0 Å². The summed E-state index contributed by atoms with van der Waals surface area (Å²) in [6.45, 7) is 1.51. The van der Waals surface area contributed by atoms with E-state index in [-0.39, 0.29) is 11.9 Å². The summed E-state index contributed by atoms with van der Waals surface area (Å²) in [5.74, 6) is -1.17. The Bertz CT molecular complexity index is 882. The van der Waals surface area contributed by atoms with Gasteiger partial charge in [0, 0.05) is 48.1 Å². The molecule has 136 valence electrons. The second-order valence-electron chi connectivity index (χ2n) is 6.75. The molecule has 1 saturated carbocycles. The molecule has 0 unspecified atom stereocenters. The van der Waals surface area contributed by atoms with Gasteiger partial charge >= 0.3 is 11.8 Å². The molecule has 2 aromatic rings. The van der Waals surface area contributed by atoms with Crippen molar-refractivity contribution < 1.29 is 14.4 Å². The Kier molecular flexibility index (Phi) is 4.32. The van der Waals surface area contributed by atoms with Crippen LogP contribution < -0.4 is 5.32 Å². The van der Waals surface area contributed by atoms with E-state index >= 15 is 0 Å². The van der Waals surface area contributed by atoms with Crippen molar-refractivity contribution in [2.45, 2.75) is 18.9 Å². The van der Waals surface area contributed by atoms with Crippen LogP contribution in [0.4, 0.5) is 0 Å². The number of halogens is 1. The number of rotatable bonds is 2. The lowest BCUT2D eigenvalue weighted by Gasteiger charge is -2.34. The molecule has 2 fully saturated rings. The zero-order chi connectivity index (χ0) is 18.3. The number of piperazine rings is 1. The van der Waals surface area contributed by atoms with Crippen molar-refractivity contribution in [3.63, 3.8) is 0 Å². The van der Waals surface area contributed by atoms with Crippen molar-refractivity contribution in [2.24, 2.45) is 0 Å². The van der Waals surface area contributed by atoms with E-state index in [4.69, 9.17) is 11.6 Å². The summed E-state index contributed by atoms with van der Waals surface area (Å²) in [4.78, 5) is 43.0. The Morgan fingerprint density at radius 3 is 2.42 bits per heavy atom. The van der Waals surface area contributed by atoms with E-state index in [9.17, 15) is 14.4 Å². The number of carbonyl (C=O) groups excluding carboxylic acids is 3. The van der Waals surface area contributed by atoms with Gasteiger partial charge < -0.3 is 20.1 Å². The number of nitrogens with one attached hydrogen (secondary N) is 2. The zero-order valence-corrected chi connectivity index (χ0v) is 14.9. The van der Waals surface area contributed by atoms with Crippen LogP contribution in [0.2, 0.25) is 5.02 Å². The van der Waals surface area contributed by atoms with Crippen LogP contribution in [0.15, 0.2) is 24.3 Å². The van der Waals surface area contributed by atoms with Crippen LogP contribution in [0, 0.1) is 0 Å². The van der Waals surface area contributed by atoms with Crippen LogP contribution in [-0.4, -0.2) is 64.7 Å². The fourth-order valence-electron chi connectivity index (χ4n) is 3.12. The second kappa shape index (κ2) is 6.64. The van der Waals surface area contributed by atoms with Gasteiger partial charge in [-0.2, -0.15) is 0 Å². The van der Waals surface area contributed by atoms with Gasteiger partial charge in [-0.3, -0.25) is 14.4 Å². The maximum atomic E-state index is 12.7. The van der Waals surface area contributed by atoms with Crippen molar-refractivity contribution in [1.82, 2.24) is 20.1 Å². The average Bonchev–Trinajstić information content (AvgIpc) is 3.36. The topological polar surface area (TPSA) is 85.5 Å². The van der Waals surface area contributed by atoms with E-state index in [0.29, 0.717) is 36.9 Å². The number of benzene rings is 1. The highest BCUT2D eigenvalue weighted by Crippen LogP contribution is 2.21. The Labute approximate surface area is 155 Å². The number of aromatic nitrogens is 1. The first-order valence-electron chi connectivity index (χ1n) is 8.68. The number of H-pyrrole nitrogens is 1. The fraction of sp³-hybridized carbons (Fsp3) is 0.389. The summed E-state index contributed by atoms with van der Waals surface area (Å²) in [7, 11) is 0. The molecular formula is C18H19ClN4O3. The van der Waals surface area contributed by atoms with Crippen molar-refractivity contribution in [2.75, 3.05) is 26.2 Å². The maximum absolute atomic E-state index is 12.7. The van der Waals surface area contributed by atoms with Gasteiger partial charge in [-0.05, 0) is 37.1 Å². The Morgan fingerprint density at radius 2 is 1.73 bits per heavy atom. The average molecular weight is 375 g/mol. The SMILES string of the molecule is O=C(NC1CC1)C(=O)N1CCN(C(=O)c2cc3cc(Cl)ccc3[nH]2)CC1. The highest BCUT2D eigenvalue weighted by molar-refractivity contribution is 6.35. The van der Waals surface area contributed by atoms with Crippen LogP contribution in [0.25, 0.3) is 10.9 Å². The van der Waals surface area contributed by atoms with Gasteiger partial charge in [0.15, 0.2) is 0 Å². The largest absolute Gasteiger partial charge is 0.351 e. The highest BCUT2D eigenvalue weighted by atomic mass is 35.5. The minimum atomic E-state index is -0.542. The molecule has 26 heavy (non-hydrogen) atoms. The first kappa shape index (κ1) is 16.9. The highest BCUT2D eigenvalue weighted by Gasteiger charge is 2.31. The lowest BCUT2D eigenvalue weighted by Crippen LogP contribution is -2.54. The predicted octanol–water partition coefficient (Wildman–Crippen LogP) is 1.38. The predicted molar refractivity (Wildman–Crippen MR) is 97.0 cm³/mol. The molecule has 0 bridgehead atoms. The quantitative estimate of drug-likeness (QED) is 0.779. The third-order valence-electron chi connectivity index (χ3n) is 4.77. The number of hydrogen-bond donors (Lipinski definition) is 2. The summed E-state index contributed by atoms with van der Waals surface area (Å²) in [5, 5.41) is 4.20. The number of carbonyl (C=O) groups is 3. The molecule has 0 spiro atoms. The fourth-order valence-corrected chi connectivity index (χ4v) is 3.30.